The summed E-state index contributed by atoms with van der Waals surface area (Å²) in [6, 6.07) is 22.7. The fraction of sp³-hybridized carbons (Fsp3) is 0.440. The van der Waals surface area contributed by atoms with E-state index in [0.717, 1.165) is 39.0 Å². The zero-order valence-corrected chi connectivity index (χ0v) is 18.6. The third-order valence-corrected chi connectivity index (χ3v) is 4.63. The number of rotatable bonds is 11. The van der Waals surface area contributed by atoms with Crippen molar-refractivity contribution in [2.24, 2.45) is 0 Å². The van der Waals surface area contributed by atoms with E-state index in [2.05, 4.69) is 66.1 Å². The number of para-hydroxylation sites is 2. The molecule has 0 saturated heterocycles. The van der Waals surface area contributed by atoms with E-state index in [-0.39, 0.29) is 5.97 Å². The SMILES string of the molecule is CCN(CCC#N)c1ccccc1.CCN(CCCCOC(C)=O)c1ccccc1. The van der Waals surface area contributed by atoms with Crippen molar-refractivity contribution in [3.05, 3.63) is 60.7 Å². The third-order valence-electron chi connectivity index (χ3n) is 4.63. The van der Waals surface area contributed by atoms with E-state index < -0.39 is 0 Å². The lowest BCUT2D eigenvalue weighted by Crippen LogP contribution is -2.24. The van der Waals surface area contributed by atoms with Crippen molar-refractivity contribution < 1.29 is 9.53 Å². The Kier molecular flexibility index (Phi) is 13.2. The smallest absolute Gasteiger partial charge is 0.302 e. The van der Waals surface area contributed by atoms with Crippen LogP contribution in [0.2, 0.25) is 0 Å². The molecule has 2 rings (SSSR count). The molecule has 0 fully saturated rings. The van der Waals surface area contributed by atoms with Gasteiger partial charge >= 0.3 is 5.97 Å². The topological polar surface area (TPSA) is 56.6 Å². The van der Waals surface area contributed by atoms with Crippen LogP contribution in [0.4, 0.5) is 11.4 Å². The van der Waals surface area contributed by atoms with E-state index in [4.69, 9.17) is 10.00 Å². The lowest BCUT2D eigenvalue weighted by atomic mass is 10.2. The summed E-state index contributed by atoms with van der Waals surface area (Å²) in [5, 5.41) is 8.48. The number of carbonyl (C=O) groups is 1. The van der Waals surface area contributed by atoms with Crippen LogP contribution in [0.5, 0.6) is 0 Å². The number of unbranched alkanes of at least 4 members (excludes halogenated alkanes) is 1. The van der Waals surface area contributed by atoms with Crippen LogP contribution < -0.4 is 9.80 Å². The van der Waals surface area contributed by atoms with Crippen LogP contribution in [0, 0.1) is 11.3 Å². The van der Waals surface area contributed by atoms with Gasteiger partial charge < -0.3 is 14.5 Å². The first-order valence-electron chi connectivity index (χ1n) is 10.7. The molecule has 5 heteroatoms. The van der Waals surface area contributed by atoms with Crippen LogP contribution in [0.15, 0.2) is 60.7 Å². The number of nitriles is 1. The molecule has 0 bridgehead atoms. The van der Waals surface area contributed by atoms with Gasteiger partial charge in [-0.15, -0.1) is 0 Å². The van der Waals surface area contributed by atoms with E-state index in [1.165, 1.54) is 18.3 Å². The zero-order valence-electron chi connectivity index (χ0n) is 18.6. The van der Waals surface area contributed by atoms with Crippen LogP contribution in [0.1, 0.15) is 40.0 Å². The molecule has 0 aliphatic carbocycles. The molecular weight excluding hydrogens is 374 g/mol. The number of anilines is 2. The van der Waals surface area contributed by atoms with Gasteiger partial charge in [-0.05, 0) is 51.0 Å². The zero-order chi connectivity index (χ0) is 22.0. The minimum atomic E-state index is -0.194. The van der Waals surface area contributed by atoms with E-state index in [1.807, 2.05) is 24.3 Å². The van der Waals surface area contributed by atoms with Crippen LogP contribution in [-0.4, -0.2) is 38.8 Å². The summed E-state index contributed by atoms with van der Waals surface area (Å²) in [5.41, 5.74) is 2.45. The molecule has 0 heterocycles. The Hall–Kier alpha value is -3.00. The fourth-order valence-electron chi connectivity index (χ4n) is 3.02. The van der Waals surface area contributed by atoms with Crippen molar-refractivity contribution in [1.82, 2.24) is 0 Å². The van der Waals surface area contributed by atoms with Gasteiger partial charge in [0.2, 0.25) is 0 Å². The number of benzene rings is 2. The van der Waals surface area contributed by atoms with Crippen molar-refractivity contribution in [2.75, 3.05) is 42.6 Å². The molecule has 5 nitrogen and oxygen atoms in total. The second kappa shape index (κ2) is 15.9. The lowest BCUT2D eigenvalue weighted by Gasteiger charge is -2.22. The van der Waals surface area contributed by atoms with Gasteiger partial charge in [-0.1, -0.05) is 36.4 Å². The first kappa shape index (κ1) is 25.0. The highest BCUT2D eigenvalue weighted by atomic mass is 16.5. The molecular formula is C25H35N3O2. The molecule has 2 aromatic rings. The predicted molar refractivity (Wildman–Crippen MR) is 125 cm³/mol. The van der Waals surface area contributed by atoms with E-state index >= 15 is 0 Å². The van der Waals surface area contributed by atoms with Gasteiger partial charge in [-0.2, -0.15) is 5.26 Å². The highest BCUT2D eigenvalue weighted by Crippen LogP contribution is 2.14. The van der Waals surface area contributed by atoms with Gasteiger partial charge in [-0.25, -0.2) is 0 Å². The normalized spacial score (nSPS) is 9.67. The second-order valence-corrected chi connectivity index (χ2v) is 6.79. The third kappa shape index (κ3) is 10.5. The summed E-state index contributed by atoms with van der Waals surface area (Å²) < 4.78 is 4.91. The Morgan fingerprint density at radius 3 is 1.80 bits per heavy atom. The summed E-state index contributed by atoms with van der Waals surface area (Å²) in [4.78, 5) is 15.1. The number of hydrogen-bond acceptors (Lipinski definition) is 5. The summed E-state index contributed by atoms with van der Waals surface area (Å²) in [6.07, 6.45) is 2.54. The molecule has 0 atom stereocenters. The van der Waals surface area contributed by atoms with E-state index in [9.17, 15) is 4.79 Å². The van der Waals surface area contributed by atoms with Crippen molar-refractivity contribution >= 4 is 17.3 Å². The summed E-state index contributed by atoms with van der Waals surface area (Å²) in [7, 11) is 0. The lowest BCUT2D eigenvalue weighted by molar-refractivity contribution is -0.141. The Labute approximate surface area is 181 Å². The maximum absolute atomic E-state index is 10.6. The van der Waals surface area contributed by atoms with Crippen LogP contribution in [-0.2, 0) is 9.53 Å². The number of carbonyl (C=O) groups excluding carboxylic acids is 1. The Balaban J connectivity index is 0.000000311. The van der Waals surface area contributed by atoms with Crippen molar-refractivity contribution in [3.63, 3.8) is 0 Å². The number of hydrogen-bond donors (Lipinski definition) is 0. The second-order valence-electron chi connectivity index (χ2n) is 6.79. The van der Waals surface area contributed by atoms with Crippen LogP contribution in [0.25, 0.3) is 0 Å². The Bertz CT molecular complexity index is 729. The summed E-state index contributed by atoms with van der Waals surface area (Å²) in [6.45, 7) is 10.00. The molecule has 0 radical (unpaired) electrons. The fourth-order valence-corrected chi connectivity index (χ4v) is 3.02. The molecule has 162 valence electrons. The quantitative estimate of drug-likeness (QED) is 0.373. The largest absolute Gasteiger partial charge is 0.466 e. The van der Waals surface area contributed by atoms with Gasteiger partial charge in [0.05, 0.1) is 19.1 Å². The number of nitrogens with zero attached hydrogens (tertiary/aromatic N) is 3. The maximum atomic E-state index is 10.6. The molecule has 0 aliphatic rings. The first-order chi connectivity index (χ1) is 14.6. The molecule has 0 aromatic heterocycles. The van der Waals surface area contributed by atoms with Gasteiger partial charge in [-0.3, -0.25) is 4.79 Å². The maximum Gasteiger partial charge on any atom is 0.302 e. The molecule has 0 unspecified atom stereocenters. The van der Waals surface area contributed by atoms with E-state index in [1.54, 1.807) is 0 Å². The molecule has 0 amide bonds. The van der Waals surface area contributed by atoms with Gasteiger partial charge in [0.25, 0.3) is 0 Å². The average Bonchev–Trinajstić information content (AvgIpc) is 2.78. The monoisotopic (exact) mass is 409 g/mol. The summed E-state index contributed by atoms with van der Waals surface area (Å²) >= 11 is 0. The minimum absolute atomic E-state index is 0.194. The van der Waals surface area contributed by atoms with Crippen molar-refractivity contribution in [3.8, 4) is 6.07 Å². The van der Waals surface area contributed by atoms with Gasteiger partial charge in [0.1, 0.15) is 0 Å². The summed E-state index contributed by atoms with van der Waals surface area (Å²) in [5.74, 6) is -0.194. The van der Waals surface area contributed by atoms with Crippen LogP contribution >= 0.6 is 0 Å². The highest BCUT2D eigenvalue weighted by Gasteiger charge is 2.03. The molecule has 2 aromatic carbocycles. The highest BCUT2D eigenvalue weighted by molar-refractivity contribution is 5.65. The predicted octanol–water partition coefficient (Wildman–Crippen LogP) is 5.28. The number of esters is 1. The Morgan fingerprint density at radius 2 is 1.37 bits per heavy atom. The minimum Gasteiger partial charge on any atom is -0.466 e. The molecule has 30 heavy (non-hydrogen) atoms. The first-order valence-corrected chi connectivity index (χ1v) is 10.7. The molecule has 0 saturated carbocycles. The van der Waals surface area contributed by atoms with Crippen LogP contribution in [0.3, 0.4) is 0 Å². The standard InChI is InChI=1S/C14H21NO2.C11H14N2/c1-3-15(14-9-5-4-6-10-14)11-7-8-12-17-13(2)16;1-2-13(10-6-9-12)11-7-4-3-5-8-11/h4-6,9-10H,3,7-8,11-12H2,1-2H3;3-5,7-8H,2,6,10H2,1H3. The molecule has 0 aliphatic heterocycles. The number of ether oxygens (including phenoxy) is 1. The molecule has 0 spiro atoms. The van der Waals surface area contributed by atoms with E-state index in [0.29, 0.717) is 13.0 Å². The van der Waals surface area contributed by atoms with Crippen molar-refractivity contribution in [1.29, 1.82) is 5.26 Å². The van der Waals surface area contributed by atoms with Gasteiger partial charge in [0, 0.05) is 44.5 Å². The Morgan fingerprint density at radius 1 is 0.867 bits per heavy atom. The molecule has 0 N–H and O–H groups in total. The average molecular weight is 410 g/mol. The van der Waals surface area contributed by atoms with Gasteiger partial charge in [0.15, 0.2) is 0 Å². The van der Waals surface area contributed by atoms with Crippen molar-refractivity contribution in [2.45, 2.75) is 40.0 Å².